The predicted molar refractivity (Wildman–Crippen MR) is 159 cm³/mol. The highest BCUT2D eigenvalue weighted by Gasteiger charge is 2.42. The van der Waals surface area contributed by atoms with Gasteiger partial charge in [-0.25, -0.2) is 9.59 Å². The number of para-hydroxylation sites is 2. The highest BCUT2D eigenvalue weighted by atomic mass is 79.9. The minimum absolute atomic E-state index is 0.0943. The second-order valence-corrected chi connectivity index (χ2v) is 10.0. The molecule has 0 fully saturated rings. The van der Waals surface area contributed by atoms with Crippen LogP contribution in [0.1, 0.15) is 12.0 Å². The average molecular weight is 648 g/mol. The lowest BCUT2D eigenvalue weighted by Crippen LogP contribution is -2.50. The van der Waals surface area contributed by atoms with Gasteiger partial charge in [-0.15, -0.1) is 0 Å². The summed E-state index contributed by atoms with van der Waals surface area (Å²) in [7, 11) is 0. The molecule has 0 heterocycles. The molecule has 3 aromatic rings. The minimum atomic E-state index is -1.25. The predicted octanol–water partition coefficient (Wildman–Crippen LogP) is 4.23. The van der Waals surface area contributed by atoms with E-state index in [0.717, 1.165) is 0 Å². The Labute approximate surface area is 254 Å². The monoisotopic (exact) mass is 647 g/mol. The molecule has 0 saturated carbocycles. The fraction of sp³-hybridized carbons (Fsp3) is 0.167. The second kappa shape index (κ2) is 14.5. The number of hydrogen-bond acceptors (Lipinski definition) is 8. The molecular formula is C30H26BrN5O7. The number of nitrogens with zero attached hydrogens (tertiary/aromatic N) is 1. The summed E-state index contributed by atoms with van der Waals surface area (Å²) in [5.41, 5.74) is 6.54. The van der Waals surface area contributed by atoms with E-state index in [4.69, 9.17) is 19.9 Å². The maximum atomic E-state index is 13.0. The number of hydrogen-bond donors (Lipinski definition) is 4. The van der Waals surface area contributed by atoms with Crippen LogP contribution in [0.3, 0.4) is 0 Å². The van der Waals surface area contributed by atoms with Gasteiger partial charge in [0.25, 0.3) is 0 Å². The Morgan fingerprint density at radius 2 is 1.51 bits per heavy atom. The van der Waals surface area contributed by atoms with Gasteiger partial charge in [0.1, 0.15) is 11.9 Å². The van der Waals surface area contributed by atoms with Gasteiger partial charge in [0.05, 0.1) is 22.7 Å². The van der Waals surface area contributed by atoms with Crippen LogP contribution < -0.4 is 26.4 Å². The van der Waals surface area contributed by atoms with Crippen molar-refractivity contribution in [2.75, 3.05) is 17.2 Å². The highest BCUT2D eigenvalue weighted by Crippen LogP contribution is 2.32. The Kier molecular flexibility index (Phi) is 10.3. The Bertz CT molecular complexity index is 1560. The molecule has 4 rings (SSSR count). The molecule has 1 aliphatic carbocycles. The van der Waals surface area contributed by atoms with Gasteiger partial charge in [-0.05, 0) is 64.5 Å². The van der Waals surface area contributed by atoms with Crippen molar-refractivity contribution in [1.29, 1.82) is 5.26 Å². The number of carbonyl (C=O) groups is 4. The molecule has 3 unspecified atom stereocenters. The topological polar surface area (TPSA) is 182 Å². The van der Waals surface area contributed by atoms with Crippen molar-refractivity contribution in [1.82, 2.24) is 5.32 Å². The second-order valence-electron chi connectivity index (χ2n) is 9.18. The normalized spacial score (nSPS) is 17.3. The molecule has 3 atom stereocenters. The van der Waals surface area contributed by atoms with Gasteiger partial charge in [0.15, 0.2) is 12.2 Å². The Hall–Kier alpha value is -5.35. The number of primary amides is 1. The molecule has 5 N–H and O–H groups in total. The summed E-state index contributed by atoms with van der Waals surface area (Å²) in [6, 6.07) is 23.7. The van der Waals surface area contributed by atoms with E-state index >= 15 is 0 Å². The van der Waals surface area contributed by atoms with Crippen LogP contribution in [-0.4, -0.2) is 48.9 Å². The number of anilines is 2. The van der Waals surface area contributed by atoms with Crippen LogP contribution in [0, 0.1) is 11.3 Å². The molecule has 0 saturated heterocycles. The molecule has 1 aliphatic rings. The van der Waals surface area contributed by atoms with Crippen molar-refractivity contribution < 1.29 is 33.4 Å². The smallest absolute Gasteiger partial charge is 0.412 e. The zero-order valence-corrected chi connectivity index (χ0v) is 24.1. The van der Waals surface area contributed by atoms with Gasteiger partial charge in [-0.3, -0.25) is 20.2 Å². The Morgan fingerprint density at radius 3 is 2.07 bits per heavy atom. The van der Waals surface area contributed by atoms with Gasteiger partial charge < -0.3 is 25.3 Å². The molecule has 3 aromatic carbocycles. The average Bonchev–Trinajstić information content (AvgIpc) is 2.99. The minimum Gasteiger partial charge on any atom is -0.481 e. The molecule has 4 amide bonds. The van der Waals surface area contributed by atoms with Crippen LogP contribution in [0.15, 0.2) is 95.0 Å². The first-order valence-electron chi connectivity index (χ1n) is 12.9. The number of nitriles is 1. The SMILES string of the molecule is N#Cc1ccc(OC2C=C(C(=O)NCC(N)=O)CC(OC(=O)Nc3ccccc3)C2OC(=O)Nc2ccccc2)c(Br)c1. The number of benzene rings is 3. The van der Waals surface area contributed by atoms with Crippen molar-refractivity contribution in [3.05, 3.63) is 101 Å². The van der Waals surface area contributed by atoms with E-state index in [9.17, 15) is 24.4 Å². The number of nitrogens with two attached hydrogens (primary N) is 1. The molecule has 0 bridgehead atoms. The van der Waals surface area contributed by atoms with E-state index in [2.05, 4.69) is 31.9 Å². The summed E-state index contributed by atoms with van der Waals surface area (Å²) in [5, 5.41) is 16.8. The van der Waals surface area contributed by atoms with Crippen LogP contribution in [0.5, 0.6) is 5.75 Å². The van der Waals surface area contributed by atoms with Crippen LogP contribution in [0.25, 0.3) is 0 Å². The van der Waals surface area contributed by atoms with E-state index in [0.29, 0.717) is 21.4 Å². The van der Waals surface area contributed by atoms with Crippen molar-refractivity contribution in [3.63, 3.8) is 0 Å². The summed E-state index contributed by atoms with van der Waals surface area (Å²) in [6.07, 6.45) is -4.14. The molecule has 43 heavy (non-hydrogen) atoms. The summed E-state index contributed by atoms with van der Waals surface area (Å²) in [5.74, 6) is -1.16. The number of amides is 4. The van der Waals surface area contributed by atoms with Crippen molar-refractivity contribution in [2.45, 2.75) is 24.7 Å². The van der Waals surface area contributed by atoms with E-state index in [1.807, 2.05) is 6.07 Å². The summed E-state index contributed by atoms with van der Waals surface area (Å²) < 4.78 is 18.0. The number of halogens is 1. The van der Waals surface area contributed by atoms with Crippen molar-refractivity contribution >= 4 is 51.3 Å². The van der Waals surface area contributed by atoms with E-state index in [1.54, 1.807) is 60.7 Å². The first-order valence-corrected chi connectivity index (χ1v) is 13.7. The molecule has 0 radical (unpaired) electrons. The lowest BCUT2D eigenvalue weighted by Gasteiger charge is -2.35. The fourth-order valence-electron chi connectivity index (χ4n) is 4.12. The van der Waals surface area contributed by atoms with Crippen molar-refractivity contribution in [3.8, 4) is 11.8 Å². The molecule has 13 heteroatoms. The van der Waals surface area contributed by atoms with Crippen LogP contribution >= 0.6 is 15.9 Å². The lowest BCUT2D eigenvalue weighted by molar-refractivity contribution is -0.123. The van der Waals surface area contributed by atoms with Crippen LogP contribution in [-0.2, 0) is 19.1 Å². The van der Waals surface area contributed by atoms with Crippen LogP contribution in [0.2, 0.25) is 0 Å². The third-order valence-electron chi connectivity index (χ3n) is 6.06. The van der Waals surface area contributed by atoms with Gasteiger partial charge >= 0.3 is 12.2 Å². The third-order valence-corrected chi connectivity index (χ3v) is 6.68. The number of ether oxygens (including phenoxy) is 3. The standard InChI is InChI=1S/C30H26BrN5O7/c31-22-13-18(16-32)11-12-23(22)41-24-14-19(28(38)34-17-26(33)37)15-25(42-29(39)35-20-7-3-1-4-8-20)27(24)43-30(40)36-21-9-5-2-6-10-21/h1-14,24-25,27H,15,17H2,(H2,33,37)(H,34,38)(H,35,39)(H,36,40). The largest absolute Gasteiger partial charge is 0.481 e. The number of carbonyl (C=O) groups excluding carboxylic acids is 4. The van der Waals surface area contributed by atoms with E-state index in [1.165, 1.54) is 24.3 Å². The lowest BCUT2D eigenvalue weighted by atomic mass is 9.91. The summed E-state index contributed by atoms with van der Waals surface area (Å²) in [4.78, 5) is 50.2. The van der Waals surface area contributed by atoms with E-state index in [-0.39, 0.29) is 17.7 Å². The molecule has 0 spiro atoms. The maximum Gasteiger partial charge on any atom is 0.412 e. The maximum absolute atomic E-state index is 13.0. The molecule has 0 aromatic heterocycles. The molecule has 12 nitrogen and oxygen atoms in total. The van der Waals surface area contributed by atoms with Gasteiger partial charge in [0, 0.05) is 23.4 Å². The zero-order chi connectivity index (χ0) is 30.8. The molecule has 220 valence electrons. The summed E-state index contributed by atoms with van der Waals surface area (Å²) >= 11 is 3.36. The van der Waals surface area contributed by atoms with Gasteiger partial charge in [0.2, 0.25) is 11.8 Å². The number of rotatable bonds is 9. The van der Waals surface area contributed by atoms with Gasteiger partial charge in [-0.1, -0.05) is 36.4 Å². The quantitative estimate of drug-likeness (QED) is 0.266. The van der Waals surface area contributed by atoms with E-state index < -0.39 is 48.9 Å². The zero-order valence-electron chi connectivity index (χ0n) is 22.5. The number of nitrogens with one attached hydrogen (secondary N) is 3. The van der Waals surface area contributed by atoms with Crippen molar-refractivity contribution in [2.24, 2.45) is 5.73 Å². The Morgan fingerprint density at radius 1 is 0.907 bits per heavy atom. The first kappa shape index (κ1) is 30.6. The Balaban J connectivity index is 1.67. The van der Waals surface area contributed by atoms with Gasteiger partial charge in [-0.2, -0.15) is 5.26 Å². The molecule has 0 aliphatic heterocycles. The summed E-state index contributed by atoms with van der Waals surface area (Å²) in [6.45, 7) is -0.428. The highest BCUT2D eigenvalue weighted by molar-refractivity contribution is 9.10. The molecular weight excluding hydrogens is 622 g/mol. The fourth-order valence-corrected chi connectivity index (χ4v) is 4.59. The third kappa shape index (κ3) is 8.82. The van der Waals surface area contributed by atoms with Crippen LogP contribution in [0.4, 0.5) is 21.0 Å². The first-order chi connectivity index (χ1) is 20.7.